The Morgan fingerprint density at radius 2 is 1.31 bits per heavy atom. The number of halogens is 1. The van der Waals surface area contributed by atoms with Gasteiger partial charge in [0.1, 0.15) is 5.82 Å². The summed E-state index contributed by atoms with van der Waals surface area (Å²) in [5.74, 6) is -0.426. The van der Waals surface area contributed by atoms with Gasteiger partial charge in [0.2, 0.25) is 24.2 Å². The molecule has 1 heterocycles. The van der Waals surface area contributed by atoms with Gasteiger partial charge >= 0.3 is 0 Å². The molecule has 0 fully saturated rings. The molecule has 10 heteroatoms. The Morgan fingerprint density at radius 3 is 1.88 bits per heavy atom. The van der Waals surface area contributed by atoms with E-state index in [-0.39, 0.29) is 14.1 Å². The smallest absolute Gasteiger partial charge is 0.225 e. The molecule has 0 spiro atoms. The molecule has 0 saturated carbocycles. The van der Waals surface area contributed by atoms with Crippen molar-refractivity contribution in [3.8, 4) is 21.7 Å². The SMILES string of the molecule is Cc1ccc(S(=O)(=O)c2nc(-c3ccc(S(N)(=O)=O)cc3)c(-c3ccc(F)cc3)s2)cc1. The van der Waals surface area contributed by atoms with E-state index in [1.807, 2.05) is 6.92 Å². The van der Waals surface area contributed by atoms with E-state index in [9.17, 15) is 21.2 Å². The fourth-order valence-corrected chi connectivity index (χ4v) is 6.25. The lowest BCUT2D eigenvalue weighted by Gasteiger charge is -2.04. The summed E-state index contributed by atoms with van der Waals surface area (Å²) in [6, 6.07) is 17.7. The average molecular weight is 489 g/mol. The molecule has 0 bridgehead atoms. The van der Waals surface area contributed by atoms with E-state index < -0.39 is 25.7 Å². The minimum atomic E-state index is -3.90. The van der Waals surface area contributed by atoms with Crippen molar-refractivity contribution in [3.05, 3.63) is 84.2 Å². The number of sulfonamides is 1. The summed E-state index contributed by atoms with van der Waals surface area (Å²) in [6.07, 6.45) is 0. The van der Waals surface area contributed by atoms with Crippen molar-refractivity contribution in [2.24, 2.45) is 5.14 Å². The van der Waals surface area contributed by atoms with Crippen molar-refractivity contribution >= 4 is 31.2 Å². The third-order valence-corrected chi connectivity index (χ3v) is 8.91. The van der Waals surface area contributed by atoms with E-state index in [1.165, 1.54) is 60.7 Å². The molecule has 0 aliphatic rings. The fraction of sp³-hybridized carbons (Fsp3) is 0.0455. The van der Waals surface area contributed by atoms with E-state index in [1.54, 1.807) is 12.1 Å². The predicted octanol–water partition coefficient (Wildman–Crippen LogP) is 4.40. The zero-order valence-corrected chi connectivity index (χ0v) is 19.1. The number of aromatic nitrogens is 1. The fourth-order valence-electron chi connectivity index (χ4n) is 3.03. The van der Waals surface area contributed by atoms with Crippen LogP contribution in [0.2, 0.25) is 0 Å². The third-order valence-electron chi connectivity index (χ3n) is 4.73. The Kier molecular flexibility index (Phi) is 5.72. The minimum Gasteiger partial charge on any atom is -0.225 e. The standard InChI is InChI=1S/C22H17FN2O4S3/c1-14-2-10-18(11-3-14)31(26,27)22-25-20(15-6-12-19(13-7-15)32(24,28)29)21(30-22)16-4-8-17(23)9-5-16/h2-13H,1H3,(H2,24,28,29). The number of rotatable bonds is 5. The van der Waals surface area contributed by atoms with Crippen LogP contribution in [0.5, 0.6) is 0 Å². The molecule has 164 valence electrons. The number of primary sulfonamides is 1. The molecule has 1 aromatic heterocycles. The van der Waals surface area contributed by atoms with Gasteiger partial charge in [-0.3, -0.25) is 0 Å². The number of hydrogen-bond donors (Lipinski definition) is 1. The van der Waals surface area contributed by atoms with E-state index in [4.69, 9.17) is 5.14 Å². The maximum Gasteiger partial charge on any atom is 0.238 e. The van der Waals surface area contributed by atoms with Crippen LogP contribution >= 0.6 is 11.3 Å². The van der Waals surface area contributed by atoms with Gasteiger partial charge in [-0.25, -0.2) is 31.3 Å². The van der Waals surface area contributed by atoms with Crippen molar-refractivity contribution in [2.75, 3.05) is 0 Å². The summed E-state index contributed by atoms with van der Waals surface area (Å²) < 4.78 is 62.9. The average Bonchev–Trinajstić information content (AvgIpc) is 3.20. The number of thiazole rings is 1. The molecule has 0 unspecified atom stereocenters. The van der Waals surface area contributed by atoms with Crippen LogP contribution in [0.3, 0.4) is 0 Å². The molecule has 0 aliphatic carbocycles. The van der Waals surface area contributed by atoms with Gasteiger partial charge in [-0.1, -0.05) is 42.0 Å². The van der Waals surface area contributed by atoms with Crippen molar-refractivity contribution in [1.82, 2.24) is 4.98 Å². The molecule has 3 aromatic carbocycles. The highest BCUT2D eigenvalue weighted by Crippen LogP contribution is 2.40. The minimum absolute atomic E-state index is 0.0766. The molecule has 4 aromatic rings. The number of benzene rings is 3. The van der Waals surface area contributed by atoms with Crippen molar-refractivity contribution in [1.29, 1.82) is 0 Å². The van der Waals surface area contributed by atoms with Crippen LogP contribution < -0.4 is 5.14 Å². The topological polar surface area (TPSA) is 107 Å². The van der Waals surface area contributed by atoms with Crippen molar-refractivity contribution < 1.29 is 21.2 Å². The second-order valence-corrected chi connectivity index (χ2v) is 11.7. The number of aryl methyl sites for hydroxylation is 1. The first-order valence-corrected chi connectivity index (χ1v) is 13.1. The van der Waals surface area contributed by atoms with Crippen LogP contribution in [-0.4, -0.2) is 21.8 Å². The maximum atomic E-state index is 13.5. The normalized spacial score (nSPS) is 12.1. The molecule has 32 heavy (non-hydrogen) atoms. The largest absolute Gasteiger partial charge is 0.238 e. The number of sulfone groups is 1. The van der Waals surface area contributed by atoms with Gasteiger partial charge in [0, 0.05) is 5.56 Å². The van der Waals surface area contributed by atoms with Gasteiger partial charge in [-0.2, -0.15) is 0 Å². The Balaban J connectivity index is 1.89. The summed E-state index contributed by atoms with van der Waals surface area (Å²) in [5, 5.41) is 5.16. The van der Waals surface area contributed by atoms with Crippen molar-refractivity contribution in [3.63, 3.8) is 0 Å². The highest BCUT2D eigenvalue weighted by molar-refractivity contribution is 7.93. The van der Waals surface area contributed by atoms with Crippen LogP contribution in [0.15, 0.2) is 86.9 Å². The molecule has 0 atom stereocenters. The Hall–Kier alpha value is -2.92. The van der Waals surface area contributed by atoms with Gasteiger partial charge in [0.15, 0.2) is 0 Å². The van der Waals surface area contributed by atoms with Crippen LogP contribution in [0.1, 0.15) is 5.56 Å². The van der Waals surface area contributed by atoms with E-state index in [0.29, 0.717) is 21.7 Å². The molecule has 0 saturated heterocycles. The molecule has 0 radical (unpaired) electrons. The zero-order valence-electron chi connectivity index (χ0n) is 16.7. The molecule has 4 rings (SSSR count). The third kappa shape index (κ3) is 4.35. The second kappa shape index (κ2) is 8.21. The predicted molar refractivity (Wildman–Crippen MR) is 121 cm³/mol. The van der Waals surface area contributed by atoms with E-state index in [0.717, 1.165) is 16.9 Å². The molecule has 0 amide bonds. The van der Waals surface area contributed by atoms with E-state index >= 15 is 0 Å². The Morgan fingerprint density at radius 1 is 0.781 bits per heavy atom. The lowest BCUT2D eigenvalue weighted by Crippen LogP contribution is -2.11. The Labute approximate surface area is 189 Å². The number of nitrogens with zero attached hydrogens (tertiary/aromatic N) is 1. The van der Waals surface area contributed by atoms with Crippen molar-refractivity contribution in [2.45, 2.75) is 21.1 Å². The van der Waals surface area contributed by atoms with Crippen LogP contribution in [-0.2, 0) is 19.9 Å². The first kappa shape index (κ1) is 22.3. The summed E-state index contributed by atoms with van der Waals surface area (Å²) >= 11 is 0.965. The van der Waals surface area contributed by atoms with Crippen LogP contribution in [0, 0.1) is 12.7 Å². The van der Waals surface area contributed by atoms with Crippen LogP contribution in [0.25, 0.3) is 21.7 Å². The first-order valence-electron chi connectivity index (χ1n) is 9.27. The van der Waals surface area contributed by atoms with E-state index in [2.05, 4.69) is 4.98 Å². The molecular weight excluding hydrogens is 471 g/mol. The summed E-state index contributed by atoms with van der Waals surface area (Å²) in [7, 11) is -7.78. The summed E-state index contributed by atoms with van der Waals surface area (Å²) in [6.45, 7) is 1.86. The monoisotopic (exact) mass is 488 g/mol. The zero-order chi connectivity index (χ0) is 23.1. The van der Waals surface area contributed by atoms with Crippen LogP contribution in [0.4, 0.5) is 4.39 Å². The number of nitrogens with two attached hydrogens (primary N) is 1. The lowest BCUT2D eigenvalue weighted by molar-refractivity contribution is 0.594. The first-order chi connectivity index (χ1) is 15.1. The maximum absolute atomic E-state index is 13.5. The number of hydrogen-bond acceptors (Lipinski definition) is 6. The van der Waals surface area contributed by atoms with Gasteiger partial charge in [0.05, 0.1) is 20.4 Å². The molecule has 0 aliphatic heterocycles. The summed E-state index contributed by atoms with van der Waals surface area (Å²) in [4.78, 5) is 4.94. The van der Waals surface area contributed by atoms with Gasteiger partial charge in [-0.15, -0.1) is 11.3 Å². The summed E-state index contributed by atoms with van der Waals surface area (Å²) in [5.41, 5.74) is 2.34. The molecule has 6 nitrogen and oxygen atoms in total. The van der Waals surface area contributed by atoms with Gasteiger partial charge < -0.3 is 0 Å². The highest BCUT2D eigenvalue weighted by atomic mass is 32.2. The Bertz CT molecular complexity index is 1490. The molecule has 2 N–H and O–H groups in total. The quantitative estimate of drug-likeness (QED) is 0.448. The second-order valence-electron chi connectivity index (χ2n) is 7.05. The highest BCUT2D eigenvalue weighted by Gasteiger charge is 2.26. The lowest BCUT2D eigenvalue weighted by atomic mass is 10.1. The molecular formula is C22H17FN2O4S3. The van der Waals surface area contributed by atoms with Gasteiger partial charge in [-0.05, 0) is 48.9 Å². The van der Waals surface area contributed by atoms with Gasteiger partial charge in [0.25, 0.3) is 0 Å².